The Morgan fingerprint density at radius 1 is 1.00 bits per heavy atom. The van der Waals surface area contributed by atoms with E-state index in [2.05, 4.69) is 5.32 Å². The predicted molar refractivity (Wildman–Crippen MR) is 96.4 cm³/mol. The molecule has 9 heteroatoms. The normalized spacial score (nSPS) is 12.5. The van der Waals surface area contributed by atoms with Gasteiger partial charge in [0.05, 0.1) is 10.5 Å². The van der Waals surface area contributed by atoms with Crippen LogP contribution in [-0.2, 0) is 21.0 Å². The van der Waals surface area contributed by atoms with Crippen LogP contribution >= 0.6 is 0 Å². The van der Waals surface area contributed by atoms with Crippen LogP contribution in [0.1, 0.15) is 11.1 Å². The first kappa shape index (κ1) is 20.7. The van der Waals surface area contributed by atoms with Gasteiger partial charge in [-0.15, -0.1) is 0 Å². The largest absolute Gasteiger partial charge is 0.416 e. The van der Waals surface area contributed by atoms with Crippen molar-refractivity contribution in [1.82, 2.24) is 4.31 Å². The van der Waals surface area contributed by atoms with Crippen molar-refractivity contribution >= 4 is 27.7 Å². The number of rotatable bonds is 5. The first-order chi connectivity index (χ1) is 12.5. The van der Waals surface area contributed by atoms with Crippen LogP contribution in [0.2, 0.25) is 0 Å². The van der Waals surface area contributed by atoms with Crippen molar-refractivity contribution < 1.29 is 26.4 Å². The van der Waals surface area contributed by atoms with E-state index in [0.29, 0.717) is 11.3 Å². The monoisotopic (exact) mass is 398 g/mol. The molecule has 0 aliphatic rings. The molecule has 2 aromatic carbocycles. The van der Waals surface area contributed by atoms with Gasteiger partial charge in [0.2, 0.25) is 15.9 Å². The van der Waals surface area contributed by atoms with Crippen LogP contribution < -0.4 is 5.32 Å². The molecule has 0 fully saturated rings. The van der Waals surface area contributed by atoms with Crippen molar-refractivity contribution in [1.29, 1.82) is 0 Å². The Balaban J connectivity index is 2.02. The number of nitrogens with zero attached hydrogens (tertiary/aromatic N) is 1. The molecule has 0 heterocycles. The van der Waals surface area contributed by atoms with Crippen molar-refractivity contribution in [3.05, 3.63) is 65.7 Å². The molecule has 27 heavy (non-hydrogen) atoms. The Bertz CT molecular complexity index is 933. The van der Waals surface area contributed by atoms with Gasteiger partial charge < -0.3 is 5.32 Å². The molecular formula is C18H17F3N2O3S. The lowest BCUT2D eigenvalue weighted by molar-refractivity contribution is -0.137. The summed E-state index contributed by atoms with van der Waals surface area (Å²) in [6.45, 7) is 0. The Hall–Kier alpha value is -2.65. The van der Waals surface area contributed by atoms with Gasteiger partial charge in [-0.05, 0) is 48.0 Å². The van der Waals surface area contributed by atoms with E-state index in [-0.39, 0.29) is 4.90 Å². The van der Waals surface area contributed by atoms with Crippen LogP contribution in [0.3, 0.4) is 0 Å². The number of benzene rings is 2. The van der Waals surface area contributed by atoms with Crippen LogP contribution in [0.25, 0.3) is 6.08 Å². The predicted octanol–water partition coefficient (Wildman–Crippen LogP) is 3.61. The van der Waals surface area contributed by atoms with E-state index in [1.807, 2.05) is 0 Å². The second kappa shape index (κ2) is 7.93. The van der Waals surface area contributed by atoms with Gasteiger partial charge in [0.25, 0.3) is 0 Å². The summed E-state index contributed by atoms with van der Waals surface area (Å²) >= 11 is 0. The average Bonchev–Trinajstić information content (AvgIpc) is 2.60. The number of amides is 1. The Labute approximate surface area is 155 Å². The molecule has 0 aliphatic heterocycles. The minimum Gasteiger partial charge on any atom is -0.323 e. The maximum Gasteiger partial charge on any atom is 0.416 e. The van der Waals surface area contributed by atoms with Crippen molar-refractivity contribution in [3.8, 4) is 0 Å². The topological polar surface area (TPSA) is 66.5 Å². The van der Waals surface area contributed by atoms with Crippen LogP contribution in [0.15, 0.2) is 59.5 Å². The molecule has 0 aromatic heterocycles. The smallest absolute Gasteiger partial charge is 0.323 e. The first-order valence-electron chi connectivity index (χ1n) is 7.69. The van der Waals surface area contributed by atoms with Crippen molar-refractivity contribution in [3.63, 3.8) is 0 Å². The number of carbonyl (C=O) groups is 1. The highest BCUT2D eigenvalue weighted by molar-refractivity contribution is 7.89. The number of carbonyl (C=O) groups excluding carboxylic acids is 1. The Morgan fingerprint density at radius 2 is 1.56 bits per heavy atom. The van der Waals surface area contributed by atoms with E-state index in [4.69, 9.17) is 0 Å². The second-order valence-electron chi connectivity index (χ2n) is 5.75. The number of anilines is 1. The summed E-state index contributed by atoms with van der Waals surface area (Å²) in [6.07, 6.45) is -1.86. The lowest BCUT2D eigenvalue weighted by Crippen LogP contribution is -2.22. The molecule has 2 rings (SSSR count). The van der Waals surface area contributed by atoms with E-state index >= 15 is 0 Å². The van der Waals surface area contributed by atoms with Crippen molar-refractivity contribution in [2.24, 2.45) is 0 Å². The minimum absolute atomic E-state index is 0.0887. The highest BCUT2D eigenvalue weighted by atomic mass is 32.2. The fourth-order valence-corrected chi connectivity index (χ4v) is 2.96. The number of sulfonamides is 1. The molecule has 144 valence electrons. The molecule has 0 bridgehead atoms. The van der Waals surface area contributed by atoms with Gasteiger partial charge in [-0.1, -0.05) is 12.1 Å². The Kier molecular flexibility index (Phi) is 6.07. The highest BCUT2D eigenvalue weighted by Gasteiger charge is 2.29. The van der Waals surface area contributed by atoms with Gasteiger partial charge in [0.15, 0.2) is 0 Å². The van der Waals surface area contributed by atoms with Crippen molar-refractivity contribution in [2.45, 2.75) is 11.1 Å². The summed E-state index contributed by atoms with van der Waals surface area (Å²) in [6, 6.07) is 10.00. The molecule has 5 nitrogen and oxygen atoms in total. The molecular weight excluding hydrogens is 381 g/mol. The molecule has 1 N–H and O–H groups in total. The Morgan fingerprint density at radius 3 is 2.04 bits per heavy atom. The molecule has 0 aliphatic carbocycles. The van der Waals surface area contributed by atoms with Gasteiger partial charge in [-0.3, -0.25) is 4.79 Å². The summed E-state index contributed by atoms with van der Waals surface area (Å²) in [4.78, 5) is 12.0. The first-order valence-corrected chi connectivity index (χ1v) is 9.13. The lowest BCUT2D eigenvalue weighted by atomic mass is 10.1. The van der Waals surface area contributed by atoms with E-state index < -0.39 is 27.7 Å². The second-order valence-corrected chi connectivity index (χ2v) is 7.91. The van der Waals surface area contributed by atoms with Gasteiger partial charge in [0.1, 0.15) is 0 Å². The quantitative estimate of drug-likeness (QED) is 0.783. The number of halogens is 3. The fraction of sp³-hybridized carbons (Fsp3) is 0.167. The molecule has 2 aromatic rings. The SMILES string of the molecule is CN(C)S(=O)(=O)c1ccc(NC(=O)/C=C/c2ccc(C(F)(F)F)cc2)cc1. The van der Waals surface area contributed by atoms with Crippen molar-refractivity contribution in [2.75, 3.05) is 19.4 Å². The van der Waals surface area contributed by atoms with E-state index in [0.717, 1.165) is 16.4 Å². The fourth-order valence-electron chi connectivity index (χ4n) is 2.06. The standard InChI is InChI=1S/C18H17F3N2O3S/c1-23(2)27(25,26)16-10-8-15(9-11-16)22-17(24)12-5-13-3-6-14(7-4-13)18(19,20)21/h3-12H,1-2H3,(H,22,24)/b12-5+. The number of hydrogen-bond donors (Lipinski definition) is 1. The van der Waals surface area contributed by atoms with Gasteiger partial charge >= 0.3 is 6.18 Å². The zero-order chi connectivity index (χ0) is 20.2. The lowest BCUT2D eigenvalue weighted by Gasteiger charge is -2.11. The third-order valence-electron chi connectivity index (χ3n) is 3.57. The maximum absolute atomic E-state index is 12.5. The summed E-state index contributed by atoms with van der Waals surface area (Å²) in [5.74, 6) is -0.502. The van der Waals surface area contributed by atoms with E-state index in [9.17, 15) is 26.4 Å². The molecule has 0 unspecified atom stereocenters. The summed E-state index contributed by atoms with van der Waals surface area (Å²) in [5.41, 5.74) is 0.0530. The van der Waals surface area contributed by atoms with Gasteiger partial charge in [-0.25, -0.2) is 12.7 Å². The summed E-state index contributed by atoms with van der Waals surface area (Å²) < 4.78 is 62.5. The number of alkyl halides is 3. The van der Waals surface area contributed by atoms with E-state index in [1.165, 1.54) is 62.6 Å². The molecule has 0 radical (unpaired) electrons. The minimum atomic E-state index is -4.41. The molecule has 0 spiro atoms. The maximum atomic E-state index is 12.5. The van der Waals surface area contributed by atoms with Crippen LogP contribution in [-0.4, -0.2) is 32.7 Å². The number of nitrogens with one attached hydrogen (secondary N) is 1. The van der Waals surface area contributed by atoms with Gasteiger partial charge in [-0.2, -0.15) is 13.2 Å². The molecule has 1 amide bonds. The van der Waals surface area contributed by atoms with Crippen LogP contribution in [0.5, 0.6) is 0 Å². The number of hydrogen-bond acceptors (Lipinski definition) is 3. The zero-order valence-electron chi connectivity index (χ0n) is 14.5. The van der Waals surface area contributed by atoms with Crippen LogP contribution in [0, 0.1) is 0 Å². The average molecular weight is 398 g/mol. The van der Waals surface area contributed by atoms with Crippen LogP contribution in [0.4, 0.5) is 18.9 Å². The molecule has 0 saturated carbocycles. The summed E-state index contributed by atoms with van der Waals surface area (Å²) in [5, 5.41) is 2.54. The zero-order valence-corrected chi connectivity index (χ0v) is 15.3. The van der Waals surface area contributed by atoms with E-state index in [1.54, 1.807) is 0 Å². The third kappa shape index (κ3) is 5.41. The highest BCUT2D eigenvalue weighted by Crippen LogP contribution is 2.29. The van der Waals surface area contributed by atoms with Gasteiger partial charge in [0, 0.05) is 25.9 Å². The molecule has 0 saturated heterocycles. The molecule has 0 atom stereocenters. The summed E-state index contributed by atoms with van der Waals surface area (Å²) in [7, 11) is -0.728. The third-order valence-corrected chi connectivity index (χ3v) is 5.39.